The van der Waals surface area contributed by atoms with E-state index in [1.165, 1.54) is 49.3 Å². The molecule has 0 unspecified atom stereocenters. The number of nitrogens with zero attached hydrogens (tertiary/aromatic N) is 2. The Bertz CT molecular complexity index is 3180. The van der Waals surface area contributed by atoms with Gasteiger partial charge in [-0.1, -0.05) is 140 Å². The van der Waals surface area contributed by atoms with Crippen molar-refractivity contribution in [3.05, 3.63) is 206 Å². The predicted molar refractivity (Wildman–Crippen MR) is 231 cm³/mol. The van der Waals surface area contributed by atoms with Gasteiger partial charge in [-0.15, -0.1) is 0 Å². The van der Waals surface area contributed by atoms with Gasteiger partial charge in [-0.25, -0.2) is 0 Å². The number of hydrogen-bond donors (Lipinski definition) is 0. The van der Waals surface area contributed by atoms with Crippen molar-refractivity contribution in [1.29, 1.82) is 0 Å². The summed E-state index contributed by atoms with van der Waals surface area (Å²) in [5.41, 5.74) is 13.3. The Labute approximate surface area is 318 Å². The molecule has 2 heterocycles. The summed E-state index contributed by atoms with van der Waals surface area (Å²) >= 11 is 0. The quantitative estimate of drug-likeness (QED) is 0.172. The zero-order valence-corrected chi connectivity index (χ0v) is 29.9. The average molecular weight is 703 g/mol. The Morgan fingerprint density at radius 1 is 0.382 bits per heavy atom. The van der Waals surface area contributed by atoms with Crippen LogP contribution in [0.2, 0.25) is 0 Å². The molecule has 0 saturated carbocycles. The molecule has 0 atom stereocenters. The third-order valence-corrected chi connectivity index (χ3v) is 10.9. The van der Waals surface area contributed by atoms with Gasteiger partial charge in [0.2, 0.25) is 0 Å². The minimum absolute atomic E-state index is 0.878. The molecular weight excluding hydrogens is 669 g/mol. The fraction of sp³-hybridized carbons (Fsp3) is 0. The van der Waals surface area contributed by atoms with Crippen LogP contribution in [-0.4, -0.2) is 4.57 Å². The number of aromatic nitrogens is 1. The highest BCUT2D eigenvalue weighted by molar-refractivity contribution is 6.25. The minimum Gasteiger partial charge on any atom is -0.456 e. The molecule has 0 fully saturated rings. The van der Waals surface area contributed by atoms with Crippen LogP contribution in [0.3, 0.4) is 0 Å². The number of rotatable bonds is 6. The lowest BCUT2D eigenvalue weighted by Gasteiger charge is -2.26. The Balaban J connectivity index is 1.24. The third-order valence-electron chi connectivity index (χ3n) is 10.9. The highest BCUT2D eigenvalue weighted by Gasteiger charge is 2.23. The van der Waals surface area contributed by atoms with Gasteiger partial charge < -0.3 is 13.9 Å². The standard InChI is InChI=1S/C52H34N2O/c1-4-15-35(16-5-1)36-27-29-40(30-28-36)53(39-20-8-3-9-21-39)41-31-32-46-45(34-41)50-44(37-17-6-2-7-18-37)33-38-19-10-11-22-42(38)52(50)54(46)47-24-14-26-49-51(47)43-23-12-13-25-48(43)55-49/h1-34H. The van der Waals surface area contributed by atoms with E-state index in [1.54, 1.807) is 0 Å². The number of fused-ring (bicyclic) bond motifs is 8. The van der Waals surface area contributed by atoms with Gasteiger partial charge in [0.25, 0.3) is 0 Å². The van der Waals surface area contributed by atoms with E-state index >= 15 is 0 Å². The number of para-hydroxylation sites is 2. The van der Waals surface area contributed by atoms with Crippen molar-refractivity contribution in [3.8, 4) is 27.9 Å². The van der Waals surface area contributed by atoms with E-state index in [0.717, 1.165) is 50.2 Å². The fourth-order valence-corrected chi connectivity index (χ4v) is 8.51. The van der Waals surface area contributed by atoms with E-state index in [9.17, 15) is 0 Å². The van der Waals surface area contributed by atoms with Gasteiger partial charge >= 0.3 is 0 Å². The molecule has 11 rings (SSSR count). The molecule has 0 spiro atoms. The van der Waals surface area contributed by atoms with Crippen LogP contribution < -0.4 is 4.90 Å². The zero-order chi connectivity index (χ0) is 36.3. The van der Waals surface area contributed by atoms with Crippen molar-refractivity contribution < 1.29 is 4.42 Å². The molecule has 55 heavy (non-hydrogen) atoms. The molecule has 0 aliphatic rings. The van der Waals surface area contributed by atoms with Crippen LogP contribution in [0.4, 0.5) is 17.1 Å². The van der Waals surface area contributed by atoms with Gasteiger partial charge in [0.05, 0.1) is 22.1 Å². The Morgan fingerprint density at radius 3 is 1.76 bits per heavy atom. The molecule has 0 N–H and O–H groups in total. The highest BCUT2D eigenvalue weighted by atomic mass is 16.3. The minimum atomic E-state index is 0.878. The maximum absolute atomic E-state index is 6.46. The van der Waals surface area contributed by atoms with E-state index in [2.05, 4.69) is 210 Å². The topological polar surface area (TPSA) is 21.3 Å². The van der Waals surface area contributed by atoms with Crippen molar-refractivity contribution in [2.45, 2.75) is 0 Å². The summed E-state index contributed by atoms with van der Waals surface area (Å²) in [6.07, 6.45) is 0. The van der Waals surface area contributed by atoms with Crippen LogP contribution in [0, 0.1) is 0 Å². The van der Waals surface area contributed by atoms with Gasteiger partial charge in [-0.2, -0.15) is 0 Å². The molecule has 0 saturated heterocycles. The van der Waals surface area contributed by atoms with Crippen LogP contribution in [0.15, 0.2) is 211 Å². The maximum atomic E-state index is 6.46. The highest BCUT2D eigenvalue weighted by Crippen LogP contribution is 2.47. The summed E-state index contributed by atoms with van der Waals surface area (Å²) in [5.74, 6) is 0. The summed E-state index contributed by atoms with van der Waals surface area (Å²) in [6, 6.07) is 73.9. The summed E-state index contributed by atoms with van der Waals surface area (Å²) in [5, 5.41) is 7.03. The first kappa shape index (κ1) is 31.2. The van der Waals surface area contributed by atoms with Crippen LogP contribution in [0.5, 0.6) is 0 Å². The van der Waals surface area contributed by atoms with Crippen molar-refractivity contribution in [2.75, 3.05) is 4.90 Å². The van der Waals surface area contributed by atoms with E-state index in [1.807, 2.05) is 6.07 Å². The maximum Gasteiger partial charge on any atom is 0.137 e. The van der Waals surface area contributed by atoms with E-state index in [-0.39, 0.29) is 0 Å². The van der Waals surface area contributed by atoms with Crippen molar-refractivity contribution in [2.24, 2.45) is 0 Å². The fourth-order valence-electron chi connectivity index (χ4n) is 8.51. The molecule has 2 aromatic heterocycles. The lowest BCUT2D eigenvalue weighted by atomic mass is 9.95. The zero-order valence-electron chi connectivity index (χ0n) is 29.9. The van der Waals surface area contributed by atoms with Crippen LogP contribution >= 0.6 is 0 Å². The molecule has 258 valence electrons. The number of hydrogen-bond acceptors (Lipinski definition) is 2. The van der Waals surface area contributed by atoms with E-state index in [0.29, 0.717) is 0 Å². The first-order valence-corrected chi connectivity index (χ1v) is 18.8. The molecule has 3 heteroatoms. The normalized spacial score (nSPS) is 11.6. The molecule has 0 aliphatic heterocycles. The molecular formula is C52H34N2O. The molecule has 0 aliphatic carbocycles. The van der Waals surface area contributed by atoms with E-state index in [4.69, 9.17) is 4.42 Å². The number of furan rings is 1. The largest absolute Gasteiger partial charge is 0.456 e. The molecule has 11 aromatic rings. The number of benzene rings is 9. The summed E-state index contributed by atoms with van der Waals surface area (Å²) in [7, 11) is 0. The molecule has 0 amide bonds. The van der Waals surface area contributed by atoms with Gasteiger partial charge in [-0.05, 0) is 94.4 Å². The van der Waals surface area contributed by atoms with Crippen molar-refractivity contribution >= 4 is 71.6 Å². The van der Waals surface area contributed by atoms with Crippen LogP contribution in [-0.2, 0) is 0 Å². The van der Waals surface area contributed by atoms with Gasteiger partial charge in [0, 0.05) is 38.6 Å². The molecule has 0 bridgehead atoms. The average Bonchev–Trinajstić information content (AvgIpc) is 3.81. The second-order valence-electron chi connectivity index (χ2n) is 14.1. The smallest absolute Gasteiger partial charge is 0.137 e. The Morgan fingerprint density at radius 2 is 0.982 bits per heavy atom. The first-order valence-electron chi connectivity index (χ1n) is 18.8. The van der Waals surface area contributed by atoms with Gasteiger partial charge in [-0.3, -0.25) is 0 Å². The van der Waals surface area contributed by atoms with Crippen LogP contribution in [0.25, 0.3) is 82.5 Å². The summed E-state index contributed by atoms with van der Waals surface area (Å²) < 4.78 is 8.94. The molecule has 9 aromatic carbocycles. The third kappa shape index (κ3) is 5.05. The van der Waals surface area contributed by atoms with E-state index < -0.39 is 0 Å². The van der Waals surface area contributed by atoms with Crippen LogP contribution in [0.1, 0.15) is 0 Å². The second kappa shape index (κ2) is 12.6. The van der Waals surface area contributed by atoms with Crippen molar-refractivity contribution in [1.82, 2.24) is 4.57 Å². The second-order valence-corrected chi connectivity index (χ2v) is 14.1. The summed E-state index contributed by atoms with van der Waals surface area (Å²) in [4.78, 5) is 2.37. The Hall–Kier alpha value is -7.36. The lowest BCUT2D eigenvalue weighted by Crippen LogP contribution is -2.09. The lowest BCUT2D eigenvalue weighted by molar-refractivity contribution is 0.669. The molecule has 0 radical (unpaired) electrons. The first-order chi connectivity index (χ1) is 27.3. The SMILES string of the molecule is c1ccc(-c2ccc(N(c3ccccc3)c3ccc4c(c3)c3c(-c5ccccc5)cc5ccccc5c3n4-c3cccc4oc5ccccc5c34)cc2)cc1. The van der Waals surface area contributed by atoms with Gasteiger partial charge in [0.15, 0.2) is 0 Å². The van der Waals surface area contributed by atoms with Crippen molar-refractivity contribution in [3.63, 3.8) is 0 Å². The van der Waals surface area contributed by atoms with Gasteiger partial charge in [0.1, 0.15) is 11.2 Å². The molecule has 3 nitrogen and oxygen atoms in total. The Kier molecular flexibility index (Phi) is 7.17. The monoisotopic (exact) mass is 702 g/mol. The predicted octanol–water partition coefficient (Wildman–Crippen LogP) is 14.6. The number of anilines is 3. The summed E-state index contributed by atoms with van der Waals surface area (Å²) in [6.45, 7) is 0.